The Morgan fingerprint density at radius 1 is 1.14 bits per heavy atom. The third-order valence-electron chi connectivity index (χ3n) is 4.91. The van der Waals surface area contributed by atoms with Gasteiger partial charge in [0.15, 0.2) is 0 Å². The number of halogens is 1. The van der Waals surface area contributed by atoms with Gasteiger partial charge in [-0.3, -0.25) is 14.5 Å². The van der Waals surface area contributed by atoms with Gasteiger partial charge in [-0.25, -0.2) is 9.78 Å². The van der Waals surface area contributed by atoms with Gasteiger partial charge in [-0.2, -0.15) is 4.39 Å². The van der Waals surface area contributed by atoms with E-state index in [9.17, 15) is 18.8 Å². The summed E-state index contributed by atoms with van der Waals surface area (Å²) in [5.74, 6) is -1.79. The highest BCUT2D eigenvalue weighted by molar-refractivity contribution is 6.10. The van der Waals surface area contributed by atoms with Crippen LogP contribution in [0.1, 0.15) is 12.5 Å². The Morgan fingerprint density at radius 2 is 1.90 bits per heavy atom. The van der Waals surface area contributed by atoms with Crippen LogP contribution in [0.4, 0.5) is 14.9 Å². The lowest BCUT2D eigenvalue weighted by Gasteiger charge is -2.22. The summed E-state index contributed by atoms with van der Waals surface area (Å²) in [6.07, 6.45) is 1.15. The number of carbonyl (C=O) groups is 3. The van der Waals surface area contributed by atoms with Crippen LogP contribution in [0.2, 0.25) is 0 Å². The standard InChI is InChI=1S/C21H17FN4O3/c1-21(15-7-6-13-4-2-3-5-14(13)10-15)19(28)26(20(29)25-21)12-18(27)24-16-8-9-17(22)23-11-16/h2-11H,12H2,1H3,(H,24,27)(H,25,29). The molecular formula is C21H17FN4O3. The monoisotopic (exact) mass is 392 g/mol. The fraction of sp³-hybridized carbons (Fsp3) is 0.143. The lowest BCUT2D eigenvalue weighted by atomic mass is 9.90. The van der Waals surface area contributed by atoms with Crippen molar-refractivity contribution in [1.82, 2.24) is 15.2 Å². The van der Waals surface area contributed by atoms with Gasteiger partial charge in [-0.05, 0) is 41.5 Å². The lowest BCUT2D eigenvalue weighted by Crippen LogP contribution is -2.42. The Balaban J connectivity index is 1.54. The van der Waals surface area contributed by atoms with E-state index in [1.165, 1.54) is 6.07 Å². The van der Waals surface area contributed by atoms with Gasteiger partial charge in [-0.1, -0.05) is 36.4 Å². The molecule has 4 amide bonds. The largest absolute Gasteiger partial charge is 0.325 e. The summed E-state index contributed by atoms with van der Waals surface area (Å²) in [5, 5.41) is 7.12. The second kappa shape index (κ2) is 6.97. The zero-order valence-corrected chi connectivity index (χ0v) is 15.5. The van der Waals surface area contributed by atoms with Crippen molar-refractivity contribution in [2.45, 2.75) is 12.5 Å². The second-order valence-corrected chi connectivity index (χ2v) is 6.93. The molecule has 3 aromatic rings. The third kappa shape index (κ3) is 3.40. The van der Waals surface area contributed by atoms with Crippen LogP contribution in [0.3, 0.4) is 0 Å². The van der Waals surface area contributed by atoms with Crippen molar-refractivity contribution in [2.24, 2.45) is 0 Å². The summed E-state index contributed by atoms with van der Waals surface area (Å²) < 4.78 is 12.9. The Labute approximate surface area is 165 Å². The molecule has 0 bridgehead atoms. The van der Waals surface area contributed by atoms with Crippen LogP contribution >= 0.6 is 0 Å². The summed E-state index contributed by atoms with van der Waals surface area (Å²) in [6, 6.07) is 15.0. The molecule has 8 heteroatoms. The molecule has 146 valence electrons. The minimum Gasteiger partial charge on any atom is -0.323 e. The average molecular weight is 392 g/mol. The molecule has 29 heavy (non-hydrogen) atoms. The van der Waals surface area contributed by atoms with Crippen LogP contribution in [-0.2, 0) is 15.1 Å². The number of fused-ring (bicyclic) bond motifs is 1. The topological polar surface area (TPSA) is 91.4 Å². The molecule has 1 atom stereocenters. The van der Waals surface area contributed by atoms with E-state index in [1.807, 2.05) is 36.4 Å². The van der Waals surface area contributed by atoms with Crippen molar-refractivity contribution in [1.29, 1.82) is 0 Å². The van der Waals surface area contributed by atoms with E-state index in [2.05, 4.69) is 15.6 Å². The number of urea groups is 1. The maximum absolute atomic E-state index is 13.0. The first-order chi connectivity index (χ1) is 13.9. The normalized spacial score (nSPS) is 18.8. The van der Waals surface area contributed by atoms with Crippen molar-refractivity contribution in [3.05, 3.63) is 72.3 Å². The van der Waals surface area contributed by atoms with E-state index in [1.54, 1.807) is 13.0 Å². The number of aromatic nitrogens is 1. The van der Waals surface area contributed by atoms with Crippen molar-refractivity contribution in [3.63, 3.8) is 0 Å². The highest BCUT2D eigenvalue weighted by Crippen LogP contribution is 2.31. The molecule has 2 N–H and O–H groups in total. The number of nitrogens with one attached hydrogen (secondary N) is 2. The highest BCUT2D eigenvalue weighted by Gasteiger charge is 2.49. The van der Waals surface area contributed by atoms with Crippen LogP contribution in [0, 0.1) is 5.95 Å². The van der Waals surface area contributed by atoms with E-state index in [4.69, 9.17) is 0 Å². The van der Waals surface area contributed by atoms with Crippen molar-refractivity contribution >= 4 is 34.3 Å². The molecule has 2 heterocycles. The predicted molar refractivity (Wildman–Crippen MR) is 104 cm³/mol. The highest BCUT2D eigenvalue weighted by atomic mass is 19.1. The molecule has 0 saturated carbocycles. The molecule has 0 aliphatic carbocycles. The first kappa shape index (κ1) is 18.5. The molecular weight excluding hydrogens is 375 g/mol. The molecule has 1 aliphatic rings. The summed E-state index contributed by atoms with van der Waals surface area (Å²) in [5.41, 5.74) is -0.389. The lowest BCUT2D eigenvalue weighted by molar-refractivity contribution is -0.133. The predicted octanol–water partition coefficient (Wildman–Crippen LogP) is 2.78. The van der Waals surface area contributed by atoms with Gasteiger partial charge >= 0.3 is 6.03 Å². The Morgan fingerprint density at radius 3 is 2.62 bits per heavy atom. The Kier molecular flexibility index (Phi) is 4.46. The van der Waals surface area contributed by atoms with Crippen molar-refractivity contribution in [3.8, 4) is 0 Å². The zero-order chi connectivity index (χ0) is 20.6. The number of carbonyl (C=O) groups excluding carboxylic acids is 3. The second-order valence-electron chi connectivity index (χ2n) is 6.93. The summed E-state index contributed by atoms with van der Waals surface area (Å²) in [4.78, 5) is 42.0. The smallest absolute Gasteiger partial charge is 0.323 e. The fourth-order valence-electron chi connectivity index (χ4n) is 3.33. The number of anilines is 1. The zero-order valence-electron chi connectivity index (χ0n) is 15.5. The Bertz CT molecular complexity index is 1130. The van der Waals surface area contributed by atoms with Crippen LogP contribution in [0.5, 0.6) is 0 Å². The molecule has 0 spiro atoms. The van der Waals surface area contributed by atoms with Crippen molar-refractivity contribution in [2.75, 3.05) is 11.9 Å². The number of benzene rings is 2. The number of imide groups is 1. The van der Waals surface area contributed by atoms with E-state index < -0.39 is 35.9 Å². The van der Waals surface area contributed by atoms with Crippen LogP contribution in [0.25, 0.3) is 10.8 Å². The van der Waals surface area contributed by atoms with E-state index in [0.717, 1.165) is 27.9 Å². The fourth-order valence-corrected chi connectivity index (χ4v) is 3.33. The van der Waals surface area contributed by atoms with Crippen LogP contribution in [-0.4, -0.2) is 34.3 Å². The molecule has 4 rings (SSSR count). The average Bonchev–Trinajstić information content (AvgIpc) is 2.93. The molecule has 2 aromatic carbocycles. The summed E-state index contributed by atoms with van der Waals surface area (Å²) in [7, 11) is 0. The van der Waals surface area contributed by atoms with Gasteiger partial charge in [0.1, 0.15) is 12.1 Å². The van der Waals surface area contributed by atoms with Gasteiger partial charge < -0.3 is 10.6 Å². The van der Waals surface area contributed by atoms with Gasteiger partial charge in [0.25, 0.3) is 5.91 Å². The quantitative estimate of drug-likeness (QED) is 0.528. The Hall–Kier alpha value is -3.81. The number of amides is 4. The van der Waals surface area contributed by atoms with E-state index >= 15 is 0 Å². The number of hydrogen-bond acceptors (Lipinski definition) is 4. The van der Waals surface area contributed by atoms with Gasteiger partial charge in [0, 0.05) is 0 Å². The minimum atomic E-state index is -1.28. The van der Waals surface area contributed by atoms with E-state index in [0.29, 0.717) is 5.56 Å². The number of pyridine rings is 1. The van der Waals surface area contributed by atoms with Crippen molar-refractivity contribution < 1.29 is 18.8 Å². The molecule has 0 radical (unpaired) electrons. The van der Waals surface area contributed by atoms with Gasteiger partial charge in [0.2, 0.25) is 11.9 Å². The molecule has 1 aromatic heterocycles. The maximum atomic E-state index is 13.0. The first-order valence-corrected chi connectivity index (χ1v) is 8.91. The number of hydrogen-bond donors (Lipinski definition) is 2. The van der Waals surface area contributed by atoms with Crippen LogP contribution < -0.4 is 10.6 Å². The maximum Gasteiger partial charge on any atom is 0.325 e. The molecule has 1 aliphatic heterocycles. The van der Waals surface area contributed by atoms with Gasteiger partial charge in [0.05, 0.1) is 11.9 Å². The number of rotatable bonds is 4. The van der Waals surface area contributed by atoms with Gasteiger partial charge in [-0.15, -0.1) is 0 Å². The minimum absolute atomic E-state index is 0.265. The summed E-state index contributed by atoms with van der Waals surface area (Å²) >= 11 is 0. The molecule has 7 nitrogen and oxygen atoms in total. The van der Waals surface area contributed by atoms with E-state index in [-0.39, 0.29) is 5.69 Å². The molecule has 1 fully saturated rings. The molecule has 1 saturated heterocycles. The first-order valence-electron chi connectivity index (χ1n) is 8.91. The SMILES string of the molecule is CC1(c2ccc3ccccc3c2)NC(=O)N(CC(=O)Nc2ccc(F)nc2)C1=O. The number of nitrogens with zero attached hydrogens (tertiary/aromatic N) is 2. The summed E-state index contributed by atoms with van der Waals surface area (Å²) in [6.45, 7) is 1.14. The third-order valence-corrected chi connectivity index (χ3v) is 4.91. The molecule has 1 unspecified atom stereocenters. The van der Waals surface area contributed by atoms with Crippen LogP contribution in [0.15, 0.2) is 60.8 Å².